The number of nitrogens with one attached hydrogen (secondary N) is 1. The molecule has 32 heavy (non-hydrogen) atoms. The van der Waals surface area contributed by atoms with Crippen LogP contribution in [0.3, 0.4) is 0 Å². The number of fused-ring (bicyclic) bond motifs is 5. The molecule has 0 aromatic carbocycles. The first-order valence-electron chi connectivity index (χ1n) is 11.7. The molecule has 3 N–H and O–H groups in total. The Hall–Kier alpha value is -2.38. The number of carbonyl (C=O) groups excluding carboxylic acids is 3. The Morgan fingerprint density at radius 1 is 1.06 bits per heavy atom. The van der Waals surface area contributed by atoms with E-state index in [1.165, 1.54) is 19.4 Å². The van der Waals surface area contributed by atoms with Crippen molar-refractivity contribution in [2.45, 2.75) is 84.8 Å². The van der Waals surface area contributed by atoms with Gasteiger partial charge in [0.2, 0.25) is 0 Å². The van der Waals surface area contributed by atoms with Gasteiger partial charge in [-0.1, -0.05) is 25.5 Å². The molecule has 0 spiro atoms. The third-order valence-electron chi connectivity index (χ3n) is 8.73. The van der Waals surface area contributed by atoms with Crippen molar-refractivity contribution in [1.29, 1.82) is 0 Å². The van der Waals surface area contributed by atoms with Crippen LogP contribution >= 0.6 is 0 Å². The van der Waals surface area contributed by atoms with E-state index < -0.39 is 12.1 Å². The highest BCUT2D eigenvalue weighted by atomic mass is 16.5. The third kappa shape index (κ3) is 3.82. The van der Waals surface area contributed by atoms with Gasteiger partial charge in [-0.25, -0.2) is 10.2 Å². The van der Waals surface area contributed by atoms with Crippen molar-refractivity contribution < 1.29 is 23.9 Å². The Balaban J connectivity index is 1.62. The molecule has 0 aromatic heterocycles. The van der Waals surface area contributed by atoms with Crippen molar-refractivity contribution >= 4 is 23.7 Å². The monoisotopic (exact) mass is 445 g/mol. The molecule has 3 saturated carbocycles. The van der Waals surface area contributed by atoms with Crippen molar-refractivity contribution in [3.63, 3.8) is 0 Å². The molecule has 0 aromatic rings. The van der Waals surface area contributed by atoms with Gasteiger partial charge >= 0.3 is 18.0 Å². The molecule has 0 unspecified atom stereocenters. The molecule has 0 aliphatic heterocycles. The summed E-state index contributed by atoms with van der Waals surface area (Å²) in [6.45, 7) is 7.46. The van der Waals surface area contributed by atoms with Gasteiger partial charge in [0.15, 0.2) is 0 Å². The zero-order valence-corrected chi connectivity index (χ0v) is 19.5. The van der Waals surface area contributed by atoms with Crippen LogP contribution in [0, 0.1) is 28.6 Å². The standard InChI is InChI=1S/C24H35N3O5/c1-13(28)31-16-7-9-23(3)15(11-16)5-6-17-18(23)8-10-24(4)19(17)12-20(32-14(2)29)21(24)26-27-22(25)30/h5,16-20H,6-12H2,1-4H3,(H3,25,27,30)/b26-21-/t16-,17-,18+,19+,20-,23-,24+/m0/s1. The van der Waals surface area contributed by atoms with Crippen molar-refractivity contribution in [1.82, 2.24) is 5.43 Å². The Kier molecular flexibility index (Phi) is 5.84. The minimum atomic E-state index is -0.720. The van der Waals surface area contributed by atoms with Crippen LogP contribution in [0.4, 0.5) is 4.79 Å². The molecule has 3 fully saturated rings. The number of hydrogen-bond donors (Lipinski definition) is 2. The Morgan fingerprint density at radius 3 is 2.41 bits per heavy atom. The molecule has 8 heteroatoms. The van der Waals surface area contributed by atoms with Gasteiger partial charge < -0.3 is 15.2 Å². The second kappa shape index (κ2) is 8.19. The van der Waals surface area contributed by atoms with Gasteiger partial charge in [-0.15, -0.1) is 0 Å². The predicted molar refractivity (Wildman–Crippen MR) is 118 cm³/mol. The van der Waals surface area contributed by atoms with E-state index in [1.54, 1.807) is 0 Å². The maximum Gasteiger partial charge on any atom is 0.332 e. The van der Waals surface area contributed by atoms with E-state index in [2.05, 4.69) is 30.5 Å². The van der Waals surface area contributed by atoms with Crippen LogP contribution < -0.4 is 11.2 Å². The highest BCUT2D eigenvalue weighted by Crippen LogP contribution is 2.64. The van der Waals surface area contributed by atoms with Crippen LogP contribution in [0.25, 0.3) is 0 Å². The van der Waals surface area contributed by atoms with Crippen molar-refractivity contribution in [2.24, 2.45) is 39.4 Å². The molecule has 7 atom stereocenters. The Labute approximate surface area is 189 Å². The fourth-order valence-corrected chi connectivity index (χ4v) is 7.37. The summed E-state index contributed by atoms with van der Waals surface area (Å²) in [5, 5.41) is 4.34. The maximum atomic E-state index is 11.8. The number of urea groups is 1. The largest absolute Gasteiger partial charge is 0.462 e. The van der Waals surface area contributed by atoms with E-state index >= 15 is 0 Å². The van der Waals surface area contributed by atoms with Gasteiger partial charge in [-0.2, -0.15) is 5.10 Å². The lowest BCUT2D eigenvalue weighted by molar-refractivity contribution is -0.148. The highest BCUT2D eigenvalue weighted by Gasteiger charge is 2.61. The summed E-state index contributed by atoms with van der Waals surface area (Å²) in [6.07, 6.45) is 8.30. The summed E-state index contributed by atoms with van der Waals surface area (Å²) in [5.74, 6) is 0.731. The van der Waals surface area contributed by atoms with E-state index in [9.17, 15) is 14.4 Å². The van der Waals surface area contributed by atoms with E-state index in [0.717, 1.165) is 44.2 Å². The normalized spacial score (nSPS) is 41.6. The van der Waals surface area contributed by atoms with Crippen LogP contribution in [0.2, 0.25) is 0 Å². The second-order valence-electron chi connectivity index (χ2n) is 10.5. The van der Waals surface area contributed by atoms with Crippen molar-refractivity contribution in [3.05, 3.63) is 11.6 Å². The molecular weight excluding hydrogens is 410 g/mol. The average molecular weight is 446 g/mol. The maximum absolute atomic E-state index is 11.8. The fourth-order valence-electron chi connectivity index (χ4n) is 7.37. The molecule has 0 saturated heterocycles. The Bertz CT molecular complexity index is 883. The van der Waals surface area contributed by atoms with Gasteiger partial charge in [0, 0.05) is 25.7 Å². The number of carbonyl (C=O) groups is 3. The number of nitrogens with zero attached hydrogens (tertiary/aromatic N) is 1. The fraction of sp³-hybridized carbons (Fsp3) is 0.750. The number of rotatable bonds is 3. The summed E-state index contributed by atoms with van der Waals surface area (Å²) in [6, 6.07) is -0.720. The number of allylic oxidation sites excluding steroid dienone is 1. The molecule has 4 aliphatic rings. The Morgan fingerprint density at radius 2 is 1.75 bits per heavy atom. The smallest absolute Gasteiger partial charge is 0.332 e. The number of esters is 2. The number of ether oxygens (including phenoxy) is 2. The van der Waals surface area contributed by atoms with Crippen LogP contribution in [0.15, 0.2) is 16.8 Å². The number of amides is 2. The lowest BCUT2D eigenvalue weighted by Gasteiger charge is -2.57. The van der Waals surface area contributed by atoms with Crippen molar-refractivity contribution in [3.8, 4) is 0 Å². The van der Waals surface area contributed by atoms with Crippen molar-refractivity contribution in [2.75, 3.05) is 0 Å². The second-order valence-corrected chi connectivity index (χ2v) is 10.5. The van der Waals surface area contributed by atoms with Gasteiger partial charge in [0.1, 0.15) is 12.2 Å². The van der Waals surface area contributed by atoms with Gasteiger partial charge in [0.25, 0.3) is 0 Å². The van der Waals surface area contributed by atoms with E-state index in [1.807, 2.05) is 0 Å². The summed E-state index contributed by atoms with van der Waals surface area (Å²) >= 11 is 0. The zero-order chi connectivity index (χ0) is 23.3. The van der Waals surface area contributed by atoms with Gasteiger partial charge in [0.05, 0.1) is 5.71 Å². The topological polar surface area (TPSA) is 120 Å². The van der Waals surface area contributed by atoms with E-state index in [4.69, 9.17) is 15.2 Å². The van der Waals surface area contributed by atoms with Crippen LogP contribution in [-0.2, 0) is 19.1 Å². The molecule has 0 bridgehead atoms. The molecule has 176 valence electrons. The lowest BCUT2D eigenvalue weighted by atomic mass is 9.48. The van der Waals surface area contributed by atoms with Crippen LogP contribution in [0.1, 0.15) is 72.6 Å². The molecule has 0 heterocycles. The first-order valence-corrected chi connectivity index (χ1v) is 11.7. The zero-order valence-electron chi connectivity index (χ0n) is 19.5. The average Bonchev–Trinajstić information content (AvgIpc) is 2.96. The number of primary amides is 1. The quantitative estimate of drug-likeness (QED) is 0.392. The molecule has 4 rings (SSSR count). The van der Waals surface area contributed by atoms with Gasteiger partial charge in [-0.3, -0.25) is 9.59 Å². The molecule has 4 aliphatic carbocycles. The highest BCUT2D eigenvalue weighted by molar-refractivity contribution is 5.98. The summed E-state index contributed by atoms with van der Waals surface area (Å²) in [5.41, 5.74) is 9.65. The van der Waals surface area contributed by atoms with E-state index in [0.29, 0.717) is 24.2 Å². The number of hydrazone groups is 1. The molecular formula is C24H35N3O5. The SMILES string of the molecule is CC(=O)O[C@H]1CC[C@@]2(C)C(=CC[C@H]3[C@H]2CC[C@@]2(C)/C(=N\NC(N)=O)[C@@H](OC(C)=O)C[C@H]32)C1. The summed E-state index contributed by atoms with van der Waals surface area (Å²) in [4.78, 5) is 34.6. The van der Waals surface area contributed by atoms with Gasteiger partial charge in [-0.05, 0) is 61.7 Å². The van der Waals surface area contributed by atoms with E-state index in [-0.39, 0.29) is 28.9 Å². The molecule has 8 nitrogen and oxygen atoms in total. The first kappa shape index (κ1) is 22.8. The van der Waals surface area contributed by atoms with Crippen LogP contribution in [-0.4, -0.2) is 35.9 Å². The minimum absolute atomic E-state index is 0.0179. The minimum Gasteiger partial charge on any atom is -0.462 e. The lowest BCUT2D eigenvalue weighted by Crippen LogP contribution is -2.51. The molecule has 2 amide bonds. The first-order chi connectivity index (χ1) is 15.0. The molecule has 0 radical (unpaired) electrons. The summed E-state index contributed by atoms with van der Waals surface area (Å²) < 4.78 is 11.2. The number of hydrogen-bond acceptors (Lipinski definition) is 6. The van der Waals surface area contributed by atoms with Crippen LogP contribution in [0.5, 0.6) is 0 Å². The predicted octanol–water partition coefficient (Wildman–Crippen LogP) is 3.45. The summed E-state index contributed by atoms with van der Waals surface area (Å²) in [7, 11) is 0. The third-order valence-corrected chi connectivity index (χ3v) is 8.73. The number of nitrogens with two attached hydrogens (primary N) is 1.